The van der Waals surface area contributed by atoms with Crippen LogP contribution in [-0.4, -0.2) is 19.5 Å². The lowest BCUT2D eigenvalue weighted by atomic mass is 10.5. The molecule has 0 atom stereocenters. The fraction of sp³-hybridized carbons (Fsp3) is 0.125. The second-order valence-electron chi connectivity index (χ2n) is 2.66. The molecule has 72 valence electrons. The van der Waals surface area contributed by atoms with Crippen molar-refractivity contribution in [2.75, 3.05) is 0 Å². The predicted molar refractivity (Wildman–Crippen MR) is 51.0 cm³/mol. The summed E-state index contributed by atoms with van der Waals surface area (Å²) >= 11 is 2.99. The summed E-state index contributed by atoms with van der Waals surface area (Å²) in [5.41, 5.74) is 0. The van der Waals surface area contributed by atoms with Crippen molar-refractivity contribution < 1.29 is 4.39 Å². The summed E-state index contributed by atoms with van der Waals surface area (Å²) in [6, 6.07) is 0. The molecule has 0 bridgehead atoms. The van der Waals surface area contributed by atoms with E-state index in [1.54, 1.807) is 23.3 Å². The van der Waals surface area contributed by atoms with Crippen LogP contribution < -0.4 is 0 Å². The zero-order chi connectivity index (χ0) is 9.97. The Labute approximate surface area is 88.0 Å². The molecule has 0 aliphatic heterocycles. The fourth-order valence-electron chi connectivity index (χ4n) is 1.000. The van der Waals surface area contributed by atoms with Crippen molar-refractivity contribution in [3.63, 3.8) is 0 Å². The Hall–Kier alpha value is -1.30. The Balaban J connectivity index is 2.22. The zero-order valence-corrected chi connectivity index (χ0v) is 8.65. The van der Waals surface area contributed by atoms with E-state index >= 15 is 0 Å². The quantitative estimate of drug-likeness (QED) is 0.768. The first-order chi connectivity index (χ1) is 6.75. The molecule has 6 heteroatoms. The van der Waals surface area contributed by atoms with Crippen LogP contribution in [0.1, 0.15) is 5.82 Å². The fourth-order valence-corrected chi connectivity index (χ4v) is 1.19. The van der Waals surface area contributed by atoms with Gasteiger partial charge in [-0.05, 0) is 15.9 Å². The maximum absolute atomic E-state index is 13.0. The topological polar surface area (TPSA) is 43.6 Å². The minimum atomic E-state index is -0.546. The van der Waals surface area contributed by atoms with E-state index in [0.717, 1.165) is 0 Å². The molecule has 0 saturated carbocycles. The smallest absolute Gasteiger partial charge is 0.230 e. The summed E-state index contributed by atoms with van der Waals surface area (Å²) in [5, 5.41) is 0. The summed E-state index contributed by atoms with van der Waals surface area (Å²) < 4.78 is 15.0. The Morgan fingerprint density at radius 2 is 2.36 bits per heavy atom. The monoisotopic (exact) mass is 256 g/mol. The average molecular weight is 257 g/mol. The van der Waals surface area contributed by atoms with Crippen LogP contribution >= 0.6 is 15.9 Å². The van der Waals surface area contributed by atoms with Gasteiger partial charge in [0.1, 0.15) is 0 Å². The van der Waals surface area contributed by atoms with Gasteiger partial charge in [-0.25, -0.2) is 15.0 Å². The van der Waals surface area contributed by atoms with Crippen LogP contribution in [0, 0.1) is 5.95 Å². The van der Waals surface area contributed by atoms with Gasteiger partial charge in [0.25, 0.3) is 0 Å². The summed E-state index contributed by atoms with van der Waals surface area (Å²) in [4.78, 5) is 11.5. The lowest BCUT2D eigenvalue weighted by molar-refractivity contribution is 0.556. The number of hydrogen-bond donors (Lipinski definition) is 0. The van der Waals surface area contributed by atoms with E-state index in [0.29, 0.717) is 12.4 Å². The molecule has 0 radical (unpaired) electrons. The number of hydrogen-bond acceptors (Lipinski definition) is 3. The SMILES string of the molecule is Fc1nc(Cn2ccnc2)ncc1Br. The zero-order valence-electron chi connectivity index (χ0n) is 7.06. The van der Waals surface area contributed by atoms with Gasteiger partial charge in [-0.1, -0.05) is 0 Å². The van der Waals surface area contributed by atoms with E-state index in [2.05, 4.69) is 30.9 Å². The molecule has 2 rings (SSSR count). The van der Waals surface area contributed by atoms with Gasteiger partial charge in [-0.3, -0.25) is 0 Å². The molecule has 0 N–H and O–H groups in total. The molecular formula is C8H6BrFN4. The molecule has 0 unspecified atom stereocenters. The van der Waals surface area contributed by atoms with Crippen LogP contribution in [0.25, 0.3) is 0 Å². The first-order valence-electron chi connectivity index (χ1n) is 3.88. The van der Waals surface area contributed by atoms with Gasteiger partial charge in [-0.15, -0.1) is 0 Å². The Morgan fingerprint density at radius 3 is 3.00 bits per heavy atom. The average Bonchev–Trinajstić information content (AvgIpc) is 2.64. The minimum Gasteiger partial charge on any atom is -0.330 e. The van der Waals surface area contributed by atoms with E-state index < -0.39 is 5.95 Å². The molecule has 0 aromatic carbocycles. The maximum atomic E-state index is 13.0. The van der Waals surface area contributed by atoms with Gasteiger partial charge in [0.15, 0.2) is 5.82 Å². The van der Waals surface area contributed by atoms with Crippen molar-refractivity contribution in [2.45, 2.75) is 6.54 Å². The first-order valence-corrected chi connectivity index (χ1v) is 4.67. The summed E-state index contributed by atoms with van der Waals surface area (Å²) in [6.45, 7) is 0.421. The van der Waals surface area contributed by atoms with Gasteiger partial charge in [0, 0.05) is 18.6 Å². The third kappa shape index (κ3) is 1.95. The van der Waals surface area contributed by atoms with Crippen molar-refractivity contribution >= 4 is 15.9 Å². The van der Waals surface area contributed by atoms with Gasteiger partial charge < -0.3 is 4.57 Å². The lowest BCUT2D eigenvalue weighted by Gasteiger charge is -2.00. The summed E-state index contributed by atoms with van der Waals surface area (Å²) in [5.74, 6) is -0.126. The highest BCUT2D eigenvalue weighted by Gasteiger charge is 2.03. The highest BCUT2D eigenvalue weighted by Crippen LogP contribution is 2.11. The molecule has 0 fully saturated rings. The normalized spacial score (nSPS) is 10.4. The van der Waals surface area contributed by atoms with Gasteiger partial charge in [0.05, 0.1) is 17.3 Å². The molecule has 0 saturated heterocycles. The summed E-state index contributed by atoms with van der Waals surface area (Å²) in [6.07, 6.45) is 6.44. The predicted octanol–water partition coefficient (Wildman–Crippen LogP) is 1.62. The van der Waals surface area contributed by atoms with Crippen molar-refractivity contribution in [3.05, 3.63) is 41.2 Å². The van der Waals surface area contributed by atoms with Crippen LogP contribution in [0.4, 0.5) is 4.39 Å². The van der Waals surface area contributed by atoms with E-state index in [1.807, 2.05) is 0 Å². The molecule has 14 heavy (non-hydrogen) atoms. The molecule has 2 aromatic rings. The molecule has 2 heterocycles. The van der Waals surface area contributed by atoms with Crippen molar-refractivity contribution in [1.82, 2.24) is 19.5 Å². The molecule has 0 spiro atoms. The molecule has 4 nitrogen and oxygen atoms in total. The highest BCUT2D eigenvalue weighted by atomic mass is 79.9. The third-order valence-electron chi connectivity index (χ3n) is 1.63. The maximum Gasteiger partial charge on any atom is 0.230 e. The molecule has 0 amide bonds. The number of nitrogens with zero attached hydrogens (tertiary/aromatic N) is 4. The second kappa shape index (κ2) is 3.83. The number of imidazole rings is 1. The van der Waals surface area contributed by atoms with Gasteiger partial charge in [-0.2, -0.15) is 4.39 Å². The number of halogens is 2. The number of aromatic nitrogens is 4. The van der Waals surface area contributed by atoms with Crippen molar-refractivity contribution in [3.8, 4) is 0 Å². The van der Waals surface area contributed by atoms with Crippen molar-refractivity contribution in [2.24, 2.45) is 0 Å². The third-order valence-corrected chi connectivity index (χ3v) is 2.17. The van der Waals surface area contributed by atoms with Crippen LogP contribution in [-0.2, 0) is 6.54 Å². The van der Waals surface area contributed by atoms with E-state index in [9.17, 15) is 4.39 Å². The number of rotatable bonds is 2. The van der Waals surface area contributed by atoms with Crippen molar-refractivity contribution in [1.29, 1.82) is 0 Å². The van der Waals surface area contributed by atoms with E-state index in [4.69, 9.17) is 0 Å². The van der Waals surface area contributed by atoms with Crippen LogP contribution in [0.5, 0.6) is 0 Å². The second-order valence-corrected chi connectivity index (χ2v) is 3.51. The van der Waals surface area contributed by atoms with Crippen LogP contribution in [0.15, 0.2) is 29.4 Å². The van der Waals surface area contributed by atoms with Gasteiger partial charge >= 0.3 is 0 Å². The minimum absolute atomic E-state index is 0.270. The molecule has 0 aliphatic carbocycles. The largest absolute Gasteiger partial charge is 0.330 e. The van der Waals surface area contributed by atoms with E-state index in [1.165, 1.54) is 6.20 Å². The summed E-state index contributed by atoms with van der Waals surface area (Å²) in [7, 11) is 0. The first kappa shape index (κ1) is 9.26. The molecule has 2 aromatic heterocycles. The Morgan fingerprint density at radius 1 is 1.50 bits per heavy atom. The lowest BCUT2D eigenvalue weighted by Crippen LogP contribution is -2.03. The molecular weight excluding hydrogens is 251 g/mol. The Bertz CT molecular complexity index is 429. The Kier molecular flexibility index (Phi) is 2.53. The standard InChI is InChI=1S/C8H6BrFN4/c9-6-3-12-7(13-8(6)10)4-14-2-1-11-5-14/h1-3,5H,4H2. The highest BCUT2D eigenvalue weighted by molar-refractivity contribution is 9.10. The van der Waals surface area contributed by atoms with Crippen LogP contribution in [0.2, 0.25) is 0 Å². The molecule has 0 aliphatic rings. The van der Waals surface area contributed by atoms with E-state index in [-0.39, 0.29) is 4.47 Å². The van der Waals surface area contributed by atoms with Crippen LogP contribution in [0.3, 0.4) is 0 Å². The van der Waals surface area contributed by atoms with Gasteiger partial charge in [0.2, 0.25) is 5.95 Å².